The second kappa shape index (κ2) is 4.79. The van der Waals surface area contributed by atoms with Crippen LogP contribution in [0, 0.1) is 11.8 Å². The van der Waals surface area contributed by atoms with Crippen LogP contribution >= 0.6 is 0 Å². The lowest BCUT2D eigenvalue weighted by molar-refractivity contribution is 0.358. The van der Waals surface area contributed by atoms with Crippen molar-refractivity contribution in [2.45, 2.75) is 58.8 Å². The third-order valence-corrected chi connectivity index (χ3v) is 2.95. The number of hydrogen-bond donors (Lipinski definition) is 0. The molecule has 0 nitrogen and oxygen atoms in total. The Balaban J connectivity index is 2.21. The maximum absolute atomic E-state index is 2.36. The minimum atomic E-state index is 0.990. The van der Waals surface area contributed by atoms with Crippen LogP contribution in [0.1, 0.15) is 58.8 Å². The lowest BCUT2D eigenvalue weighted by atomic mass is 9.79. The van der Waals surface area contributed by atoms with E-state index in [1.165, 1.54) is 44.9 Å². The van der Waals surface area contributed by atoms with Crippen LogP contribution in [-0.2, 0) is 0 Å². The molecule has 0 aromatic carbocycles. The van der Waals surface area contributed by atoms with Crippen molar-refractivity contribution in [2.75, 3.05) is 0 Å². The summed E-state index contributed by atoms with van der Waals surface area (Å²) in [5, 5.41) is 0. The van der Waals surface area contributed by atoms with Crippen molar-refractivity contribution in [3.8, 4) is 0 Å². The molecule has 1 rings (SSSR count). The Labute approximate surface area is 71.4 Å². The van der Waals surface area contributed by atoms with Gasteiger partial charge >= 0.3 is 0 Å². The highest BCUT2D eigenvalue weighted by molar-refractivity contribution is 4.92. The summed E-state index contributed by atoms with van der Waals surface area (Å²) in [6.07, 6.45) is 10.1. The lowest BCUT2D eigenvalue weighted by Gasteiger charge is -2.26. The van der Waals surface area contributed by atoms with Crippen LogP contribution in [-0.4, -0.2) is 0 Å². The van der Waals surface area contributed by atoms with E-state index in [0.29, 0.717) is 0 Å². The predicted molar refractivity (Wildman–Crippen MR) is 50.4 cm³/mol. The summed E-state index contributed by atoms with van der Waals surface area (Å²) in [5.41, 5.74) is 0. The molecule has 1 aliphatic carbocycles. The molecule has 0 bridgehead atoms. The van der Waals surface area contributed by atoms with Gasteiger partial charge in [-0.1, -0.05) is 39.5 Å². The summed E-state index contributed by atoms with van der Waals surface area (Å²) in [7, 11) is 0. The van der Waals surface area contributed by atoms with Crippen LogP contribution < -0.4 is 0 Å². The lowest BCUT2D eigenvalue weighted by Crippen LogP contribution is -2.13. The van der Waals surface area contributed by atoms with Crippen LogP contribution in [0.5, 0.6) is 0 Å². The van der Waals surface area contributed by atoms with Crippen LogP contribution in [0.2, 0.25) is 0 Å². The second-order valence-electron chi connectivity index (χ2n) is 3.93. The Morgan fingerprint density at radius 3 is 2.36 bits per heavy atom. The molecule has 1 fully saturated rings. The Kier molecular flexibility index (Phi) is 3.96. The van der Waals surface area contributed by atoms with E-state index in [0.717, 1.165) is 5.92 Å². The highest BCUT2D eigenvalue weighted by Crippen LogP contribution is 2.33. The van der Waals surface area contributed by atoms with Crippen molar-refractivity contribution in [3.63, 3.8) is 0 Å². The Hall–Kier alpha value is 0. The zero-order valence-corrected chi connectivity index (χ0v) is 8.03. The zero-order chi connectivity index (χ0) is 8.10. The summed E-state index contributed by atoms with van der Waals surface area (Å²) in [6, 6.07) is 0. The summed E-state index contributed by atoms with van der Waals surface area (Å²) in [4.78, 5) is 0. The van der Waals surface area contributed by atoms with Crippen LogP contribution in [0.4, 0.5) is 0 Å². The first-order chi connectivity index (χ1) is 5.34. The van der Waals surface area contributed by atoms with E-state index in [1.54, 1.807) is 5.92 Å². The zero-order valence-electron chi connectivity index (χ0n) is 8.03. The largest absolute Gasteiger partial charge is 0.0654 e. The molecule has 0 aromatic heterocycles. The smallest absolute Gasteiger partial charge is 0.0241 e. The molecule has 65 valence electrons. The van der Waals surface area contributed by atoms with E-state index < -0.39 is 0 Å². The molecule has 0 aromatic rings. The minimum absolute atomic E-state index is 0.990. The van der Waals surface area contributed by atoms with E-state index in [-0.39, 0.29) is 0 Å². The molecule has 0 unspecified atom stereocenters. The van der Waals surface area contributed by atoms with Crippen molar-refractivity contribution in [3.05, 3.63) is 5.92 Å². The average Bonchev–Trinajstić information content (AvgIpc) is 2.07. The van der Waals surface area contributed by atoms with Gasteiger partial charge in [-0.05, 0) is 31.1 Å². The maximum atomic E-state index is 2.36. The van der Waals surface area contributed by atoms with Gasteiger partial charge in [-0.25, -0.2) is 0 Å². The Morgan fingerprint density at radius 2 is 1.82 bits per heavy atom. The number of hydrogen-bond acceptors (Lipinski definition) is 0. The third-order valence-electron chi connectivity index (χ3n) is 2.95. The summed E-state index contributed by atoms with van der Waals surface area (Å²) < 4.78 is 0. The summed E-state index contributed by atoms with van der Waals surface area (Å²) >= 11 is 0. The van der Waals surface area contributed by atoms with Crippen LogP contribution in [0.3, 0.4) is 0 Å². The quantitative estimate of drug-likeness (QED) is 0.575. The molecule has 0 aliphatic heterocycles. The van der Waals surface area contributed by atoms with Gasteiger partial charge in [0.2, 0.25) is 0 Å². The van der Waals surface area contributed by atoms with E-state index in [1.807, 2.05) is 0 Å². The Morgan fingerprint density at radius 1 is 1.18 bits per heavy atom. The minimum Gasteiger partial charge on any atom is -0.0654 e. The van der Waals surface area contributed by atoms with E-state index in [9.17, 15) is 0 Å². The fraction of sp³-hybridized carbons (Fsp3) is 0.909. The standard InChI is InChI=1S/C11H21/c1-3-7-10(2)11-8-5-4-6-9-11/h11H,3-9H2,1-2H3. The molecule has 0 atom stereocenters. The van der Waals surface area contributed by atoms with Crippen LogP contribution in [0.25, 0.3) is 0 Å². The van der Waals surface area contributed by atoms with Gasteiger partial charge in [-0.15, -0.1) is 0 Å². The molecular weight excluding hydrogens is 132 g/mol. The monoisotopic (exact) mass is 153 g/mol. The molecule has 0 N–H and O–H groups in total. The molecule has 0 heterocycles. The first-order valence-corrected chi connectivity index (χ1v) is 5.17. The van der Waals surface area contributed by atoms with Crippen molar-refractivity contribution >= 4 is 0 Å². The van der Waals surface area contributed by atoms with Gasteiger partial charge in [0.25, 0.3) is 0 Å². The molecule has 1 aliphatic rings. The molecule has 0 amide bonds. The summed E-state index contributed by atoms with van der Waals surface area (Å²) in [6.45, 7) is 4.64. The molecular formula is C11H21. The topological polar surface area (TPSA) is 0 Å². The van der Waals surface area contributed by atoms with Crippen LogP contribution in [0.15, 0.2) is 0 Å². The van der Waals surface area contributed by atoms with Gasteiger partial charge in [0, 0.05) is 0 Å². The van der Waals surface area contributed by atoms with Gasteiger partial charge in [0.15, 0.2) is 0 Å². The van der Waals surface area contributed by atoms with E-state index in [4.69, 9.17) is 0 Å². The average molecular weight is 153 g/mol. The van der Waals surface area contributed by atoms with E-state index in [2.05, 4.69) is 13.8 Å². The normalized spacial score (nSPS) is 21.0. The predicted octanol–water partition coefficient (Wildman–Crippen LogP) is 3.96. The van der Waals surface area contributed by atoms with Gasteiger partial charge in [0.1, 0.15) is 0 Å². The second-order valence-corrected chi connectivity index (χ2v) is 3.93. The maximum Gasteiger partial charge on any atom is -0.0241 e. The first-order valence-electron chi connectivity index (χ1n) is 5.17. The molecule has 1 saturated carbocycles. The van der Waals surface area contributed by atoms with Crippen molar-refractivity contribution in [1.29, 1.82) is 0 Å². The Bertz CT molecular complexity index is 90.2. The van der Waals surface area contributed by atoms with Gasteiger partial charge in [-0.3, -0.25) is 0 Å². The molecule has 0 saturated heterocycles. The highest BCUT2D eigenvalue weighted by Gasteiger charge is 2.19. The molecule has 0 spiro atoms. The fourth-order valence-corrected chi connectivity index (χ4v) is 2.19. The van der Waals surface area contributed by atoms with Gasteiger partial charge in [-0.2, -0.15) is 0 Å². The fourth-order valence-electron chi connectivity index (χ4n) is 2.19. The van der Waals surface area contributed by atoms with Crippen molar-refractivity contribution in [2.24, 2.45) is 5.92 Å². The molecule has 11 heavy (non-hydrogen) atoms. The summed E-state index contributed by atoms with van der Waals surface area (Å²) in [5.74, 6) is 2.76. The SMILES string of the molecule is CCC[C](C)C1CCCCC1. The van der Waals surface area contributed by atoms with Gasteiger partial charge in [0.05, 0.1) is 0 Å². The number of rotatable bonds is 3. The van der Waals surface area contributed by atoms with Crippen molar-refractivity contribution in [1.82, 2.24) is 0 Å². The third kappa shape index (κ3) is 2.84. The van der Waals surface area contributed by atoms with E-state index >= 15 is 0 Å². The highest BCUT2D eigenvalue weighted by atomic mass is 14.2. The first kappa shape index (κ1) is 9.09. The molecule has 1 radical (unpaired) electrons. The molecule has 0 heteroatoms. The van der Waals surface area contributed by atoms with Crippen molar-refractivity contribution < 1.29 is 0 Å². The van der Waals surface area contributed by atoms with Gasteiger partial charge < -0.3 is 0 Å².